The third-order valence-electron chi connectivity index (χ3n) is 2.22. The van der Waals surface area contributed by atoms with Crippen LogP contribution >= 0.6 is 15.9 Å². The lowest BCUT2D eigenvalue weighted by Crippen LogP contribution is -1.95. The summed E-state index contributed by atoms with van der Waals surface area (Å²) in [7, 11) is 0. The zero-order chi connectivity index (χ0) is 9.42. The van der Waals surface area contributed by atoms with Crippen LogP contribution in [0.5, 0.6) is 0 Å². The van der Waals surface area contributed by atoms with Gasteiger partial charge >= 0.3 is 0 Å². The van der Waals surface area contributed by atoms with Crippen molar-refractivity contribution in [3.8, 4) is 0 Å². The van der Waals surface area contributed by atoms with E-state index in [4.69, 9.17) is 0 Å². The SMILES string of the molecule is CCn1c(C)nc2cc(Br)ccc21. The molecule has 68 valence electrons. The molecular formula is C10H11BrN2. The Morgan fingerprint density at radius 1 is 1.46 bits per heavy atom. The van der Waals surface area contributed by atoms with E-state index in [-0.39, 0.29) is 0 Å². The molecule has 2 aromatic rings. The number of hydrogen-bond acceptors (Lipinski definition) is 1. The fraction of sp³-hybridized carbons (Fsp3) is 0.300. The highest BCUT2D eigenvalue weighted by molar-refractivity contribution is 9.10. The molecule has 1 aromatic heterocycles. The first-order chi connectivity index (χ1) is 6.22. The standard InChI is InChI=1S/C10H11BrN2/c1-3-13-7(2)12-9-6-8(11)4-5-10(9)13/h4-6H,3H2,1-2H3. The van der Waals surface area contributed by atoms with Gasteiger partial charge in [-0.1, -0.05) is 15.9 Å². The number of aryl methyl sites for hydroxylation is 2. The van der Waals surface area contributed by atoms with E-state index in [1.807, 2.05) is 6.92 Å². The predicted octanol–water partition coefficient (Wildman–Crippen LogP) is 3.13. The van der Waals surface area contributed by atoms with Gasteiger partial charge in [-0.25, -0.2) is 4.98 Å². The summed E-state index contributed by atoms with van der Waals surface area (Å²) in [5.41, 5.74) is 2.27. The fourth-order valence-corrected chi connectivity index (χ4v) is 1.97. The van der Waals surface area contributed by atoms with Crippen LogP contribution < -0.4 is 0 Å². The lowest BCUT2D eigenvalue weighted by atomic mass is 10.3. The molecule has 0 N–H and O–H groups in total. The summed E-state index contributed by atoms with van der Waals surface area (Å²) in [6.45, 7) is 5.15. The number of rotatable bonds is 1. The van der Waals surface area contributed by atoms with Gasteiger partial charge in [-0.05, 0) is 32.0 Å². The summed E-state index contributed by atoms with van der Waals surface area (Å²) in [5, 5.41) is 0. The van der Waals surface area contributed by atoms with Gasteiger partial charge in [-0.15, -0.1) is 0 Å². The molecule has 2 nitrogen and oxygen atoms in total. The van der Waals surface area contributed by atoms with Gasteiger partial charge in [0.05, 0.1) is 11.0 Å². The van der Waals surface area contributed by atoms with E-state index in [1.165, 1.54) is 5.52 Å². The monoisotopic (exact) mass is 238 g/mol. The van der Waals surface area contributed by atoms with Crippen molar-refractivity contribution in [3.05, 3.63) is 28.5 Å². The summed E-state index contributed by atoms with van der Waals surface area (Å²) in [5.74, 6) is 1.08. The maximum atomic E-state index is 4.48. The van der Waals surface area contributed by atoms with Crippen LogP contribution in [-0.2, 0) is 6.54 Å². The topological polar surface area (TPSA) is 17.8 Å². The molecule has 0 radical (unpaired) electrons. The van der Waals surface area contributed by atoms with Crippen LogP contribution in [0.1, 0.15) is 12.7 Å². The van der Waals surface area contributed by atoms with Crippen molar-refractivity contribution in [1.29, 1.82) is 0 Å². The quantitative estimate of drug-likeness (QED) is 0.747. The van der Waals surface area contributed by atoms with E-state index in [9.17, 15) is 0 Å². The molecule has 0 fully saturated rings. The van der Waals surface area contributed by atoms with Gasteiger partial charge < -0.3 is 4.57 Å². The van der Waals surface area contributed by atoms with E-state index in [1.54, 1.807) is 0 Å². The molecular weight excluding hydrogens is 228 g/mol. The summed E-state index contributed by atoms with van der Waals surface area (Å²) in [6.07, 6.45) is 0. The van der Waals surface area contributed by atoms with Gasteiger partial charge in [0.2, 0.25) is 0 Å². The van der Waals surface area contributed by atoms with Crippen LogP contribution in [0.2, 0.25) is 0 Å². The van der Waals surface area contributed by atoms with Crippen molar-refractivity contribution in [2.24, 2.45) is 0 Å². The minimum absolute atomic E-state index is 0.976. The molecule has 0 saturated carbocycles. The average molecular weight is 239 g/mol. The average Bonchev–Trinajstić information content (AvgIpc) is 2.39. The Morgan fingerprint density at radius 3 is 2.92 bits per heavy atom. The zero-order valence-electron chi connectivity index (χ0n) is 7.71. The minimum Gasteiger partial charge on any atom is -0.329 e. The Labute approximate surface area is 85.7 Å². The van der Waals surface area contributed by atoms with E-state index in [2.05, 4.69) is 50.6 Å². The van der Waals surface area contributed by atoms with Crippen LogP contribution in [0.3, 0.4) is 0 Å². The maximum Gasteiger partial charge on any atom is 0.106 e. The smallest absolute Gasteiger partial charge is 0.106 e. The molecule has 2 rings (SSSR count). The predicted molar refractivity (Wildman–Crippen MR) is 57.8 cm³/mol. The molecule has 0 aliphatic heterocycles. The van der Waals surface area contributed by atoms with E-state index in [0.717, 1.165) is 22.4 Å². The number of fused-ring (bicyclic) bond motifs is 1. The van der Waals surface area contributed by atoms with Gasteiger partial charge in [0.25, 0.3) is 0 Å². The molecule has 0 bridgehead atoms. The molecule has 1 heterocycles. The van der Waals surface area contributed by atoms with E-state index in [0.29, 0.717) is 0 Å². The second-order valence-electron chi connectivity index (χ2n) is 3.04. The van der Waals surface area contributed by atoms with E-state index < -0.39 is 0 Å². The lowest BCUT2D eigenvalue weighted by molar-refractivity contribution is 0.753. The van der Waals surface area contributed by atoms with Crippen LogP contribution in [0.4, 0.5) is 0 Å². The van der Waals surface area contributed by atoms with Crippen molar-refractivity contribution < 1.29 is 0 Å². The van der Waals surface area contributed by atoms with Crippen LogP contribution in [0, 0.1) is 6.92 Å². The summed E-state index contributed by atoms with van der Waals surface area (Å²) < 4.78 is 3.29. The molecule has 0 amide bonds. The second kappa shape index (κ2) is 3.14. The Balaban J connectivity index is 2.79. The lowest BCUT2D eigenvalue weighted by Gasteiger charge is -2.00. The number of halogens is 1. The first kappa shape index (κ1) is 8.75. The summed E-state index contributed by atoms with van der Waals surface area (Å²) in [4.78, 5) is 4.48. The normalized spacial score (nSPS) is 11.0. The van der Waals surface area contributed by atoms with Crippen molar-refractivity contribution in [3.63, 3.8) is 0 Å². The maximum absolute atomic E-state index is 4.48. The molecule has 0 aliphatic rings. The number of imidazole rings is 1. The number of benzene rings is 1. The van der Waals surface area contributed by atoms with Gasteiger partial charge in [-0.2, -0.15) is 0 Å². The van der Waals surface area contributed by atoms with Crippen LogP contribution in [0.15, 0.2) is 22.7 Å². The molecule has 0 saturated heterocycles. The van der Waals surface area contributed by atoms with Crippen LogP contribution in [-0.4, -0.2) is 9.55 Å². The van der Waals surface area contributed by atoms with Crippen LogP contribution in [0.25, 0.3) is 11.0 Å². The Morgan fingerprint density at radius 2 is 2.23 bits per heavy atom. The highest BCUT2D eigenvalue weighted by atomic mass is 79.9. The van der Waals surface area contributed by atoms with Gasteiger partial charge in [0.1, 0.15) is 5.82 Å². The van der Waals surface area contributed by atoms with Gasteiger partial charge in [0, 0.05) is 11.0 Å². The Kier molecular flexibility index (Phi) is 2.12. The number of nitrogens with zero attached hydrogens (tertiary/aromatic N) is 2. The molecule has 0 aliphatic carbocycles. The molecule has 0 spiro atoms. The van der Waals surface area contributed by atoms with E-state index >= 15 is 0 Å². The first-order valence-corrected chi connectivity index (χ1v) is 5.14. The first-order valence-electron chi connectivity index (χ1n) is 4.34. The fourth-order valence-electron chi connectivity index (χ4n) is 1.62. The third-order valence-corrected chi connectivity index (χ3v) is 2.71. The van der Waals surface area contributed by atoms with Crippen molar-refractivity contribution >= 4 is 27.0 Å². The van der Waals surface area contributed by atoms with Crippen molar-refractivity contribution in [1.82, 2.24) is 9.55 Å². The molecule has 0 unspecified atom stereocenters. The molecule has 13 heavy (non-hydrogen) atoms. The second-order valence-corrected chi connectivity index (χ2v) is 3.95. The highest BCUT2D eigenvalue weighted by Crippen LogP contribution is 2.20. The molecule has 1 aromatic carbocycles. The van der Waals surface area contributed by atoms with Crippen molar-refractivity contribution in [2.75, 3.05) is 0 Å². The minimum atomic E-state index is 0.976. The number of hydrogen-bond donors (Lipinski definition) is 0. The Bertz CT molecular complexity index is 445. The van der Waals surface area contributed by atoms with Gasteiger partial charge in [-0.3, -0.25) is 0 Å². The van der Waals surface area contributed by atoms with Gasteiger partial charge in [0.15, 0.2) is 0 Å². The Hall–Kier alpha value is -0.830. The molecule has 3 heteroatoms. The highest BCUT2D eigenvalue weighted by Gasteiger charge is 2.04. The molecule has 0 atom stereocenters. The summed E-state index contributed by atoms with van der Waals surface area (Å²) in [6, 6.07) is 6.20. The number of aromatic nitrogens is 2. The van der Waals surface area contributed by atoms with Crippen molar-refractivity contribution in [2.45, 2.75) is 20.4 Å². The summed E-state index contributed by atoms with van der Waals surface area (Å²) >= 11 is 3.44. The zero-order valence-corrected chi connectivity index (χ0v) is 9.30. The third kappa shape index (κ3) is 1.37. The largest absolute Gasteiger partial charge is 0.329 e.